The summed E-state index contributed by atoms with van der Waals surface area (Å²) in [7, 11) is 1.35. The van der Waals surface area contributed by atoms with Gasteiger partial charge in [0.2, 0.25) is 6.43 Å². The molecule has 0 spiro atoms. The van der Waals surface area contributed by atoms with Gasteiger partial charge in [-0.25, -0.2) is 8.78 Å². The van der Waals surface area contributed by atoms with Gasteiger partial charge in [-0.15, -0.1) is 0 Å². The van der Waals surface area contributed by atoms with E-state index in [0.29, 0.717) is 19.4 Å². The number of hydrogen-bond acceptors (Lipinski definition) is 3. The second-order valence-corrected chi connectivity index (χ2v) is 4.34. The van der Waals surface area contributed by atoms with E-state index in [9.17, 15) is 13.6 Å². The number of carbonyl (C=O) groups excluding carboxylic acids is 1. The van der Waals surface area contributed by atoms with E-state index < -0.39 is 11.8 Å². The molecule has 0 unspecified atom stereocenters. The number of carbonyl (C=O) groups is 1. The van der Waals surface area contributed by atoms with Crippen LogP contribution in [0.4, 0.5) is 8.78 Å². The minimum atomic E-state index is -2.29. The van der Waals surface area contributed by atoms with Gasteiger partial charge in [-0.3, -0.25) is 4.79 Å². The van der Waals surface area contributed by atoms with E-state index in [1.165, 1.54) is 7.11 Å². The first-order valence-electron chi connectivity index (χ1n) is 5.68. The molecule has 1 rings (SSSR count). The van der Waals surface area contributed by atoms with Gasteiger partial charge in [0.15, 0.2) is 0 Å². The molecular formula is C11H19F2NO2. The van der Waals surface area contributed by atoms with Crippen molar-refractivity contribution in [2.45, 2.75) is 38.5 Å². The van der Waals surface area contributed by atoms with Crippen molar-refractivity contribution in [3.05, 3.63) is 0 Å². The molecule has 1 saturated heterocycles. The van der Waals surface area contributed by atoms with Gasteiger partial charge in [0, 0.05) is 13.0 Å². The molecule has 0 bridgehead atoms. The molecule has 0 radical (unpaired) electrons. The lowest BCUT2D eigenvalue weighted by Gasteiger charge is -2.35. The number of alkyl halides is 2. The van der Waals surface area contributed by atoms with Crippen molar-refractivity contribution in [2.24, 2.45) is 5.41 Å². The second kappa shape index (κ2) is 6.13. The number of nitrogens with one attached hydrogen (secondary N) is 1. The lowest BCUT2D eigenvalue weighted by Crippen LogP contribution is -2.46. The molecule has 3 nitrogen and oxygen atoms in total. The SMILES string of the molecule is COC(=O)[C@]1(CCCC(F)F)CCCNC1. The van der Waals surface area contributed by atoms with Crippen molar-refractivity contribution < 1.29 is 18.3 Å². The standard InChI is InChI=1S/C11H19F2NO2/c1-16-10(15)11(5-2-4-9(12)13)6-3-7-14-8-11/h9,14H,2-8H2,1H3/t11-/m1/s1. The first-order chi connectivity index (χ1) is 7.60. The fourth-order valence-corrected chi connectivity index (χ4v) is 2.27. The predicted molar refractivity (Wildman–Crippen MR) is 56.4 cm³/mol. The molecule has 0 aromatic carbocycles. The van der Waals surface area contributed by atoms with Gasteiger partial charge in [0.25, 0.3) is 0 Å². The molecule has 16 heavy (non-hydrogen) atoms. The molecule has 1 aliphatic rings. The van der Waals surface area contributed by atoms with Gasteiger partial charge >= 0.3 is 5.97 Å². The van der Waals surface area contributed by atoms with E-state index in [0.717, 1.165) is 19.4 Å². The van der Waals surface area contributed by atoms with Crippen molar-refractivity contribution >= 4 is 5.97 Å². The fourth-order valence-electron chi connectivity index (χ4n) is 2.27. The lowest BCUT2D eigenvalue weighted by atomic mass is 9.76. The van der Waals surface area contributed by atoms with E-state index in [4.69, 9.17) is 4.74 Å². The maximum Gasteiger partial charge on any atom is 0.313 e. The predicted octanol–water partition coefficient (Wildman–Crippen LogP) is 1.96. The highest BCUT2D eigenvalue weighted by atomic mass is 19.3. The summed E-state index contributed by atoms with van der Waals surface area (Å²) in [5.74, 6) is -0.269. The topological polar surface area (TPSA) is 38.3 Å². The van der Waals surface area contributed by atoms with Crippen LogP contribution in [0.1, 0.15) is 32.1 Å². The highest BCUT2D eigenvalue weighted by Crippen LogP contribution is 2.33. The van der Waals surface area contributed by atoms with Crippen molar-refractivity contribution in [1.82, 2.24) is 5.32 Å². The number of methoxy groups -OCH3 is 1. The Labute approximate surface area is 94.5 Å². The Bertz CT molecular complexity index is 228. The van der Waals surface area contributed by atoms with Crippen LogP contribution in [0.15, 0.2) is 0 Å². The molecule has 0 saturated carbocycles. The largest absolute Gasteiger partial charge is 0.469 e. The summed E-state index contributed by atoms with van der Waals surface area (Å²) in [6, 6.07) is 0. The number of ether oxygens (including phenoxy) is 1. The maximum absolute atomic E-state index is 12.1. The number of rotatable bonds is 5. The van der Waals surface area contributed by atoms with Crippen LogP contribution in [0.25, 0.3) is 0 Å². The van der Waals surface area contributed by atoms with Crippen molar-refractivity contribution in [3.63, 3.8) is 0 Å². The van der Waals surface area contributed by atoms with E-state index in [1.54, 1.807) is 0 Å². The van der Waals surface area contributed by atoms with Crippen molar-refractivity contribution in [3.8, 4) is 0 Å². The molecule has 5 heteroatoms. The molecule has 94 valence electrons. The third kappa shape index (κ3) is 3.40. The molecule has 1 fully saturated rings. The Hall–Kier alpha value is -0.710. The molecule has 1 N–H and O–H groups in total. The Kier molecular flexibility index (Phi) is 5.12. The summed E-state index contributed by atoms with van der Waals surface area (Å²) in [5.41, 5.74) is -0.581. The Morgan fingerprint density at radius 3 is 2.81 bits per heavy atom. The van der Waals surface area contributed by atoms with Crippen LogP contribution in [-0.2, 0) is 9.53 Å². The van der Waals surface area contributed by atoms with E-state index >= 15 is 0 Å². The number of esters is 1. The normalized spacial score (nSPS) is 25.8. The molecule has 0 aromatic rings. The molecule has 0 aromatic heterocycles. The van der Waals surface area contributed by atoms with Gasteiger partial charge in [-0.05, 0) is 32.2 Å². The summed E-state index contributed by atoms with van der Waals surface area (Å²) in [6.07, 6.45) is 0.0513. The zero-order valence-corrected chi connectivity index (χ0v) is 9.60. The summed E-state index contributed by atoms with van der Waals surface area (Å²) in [5, 5.41) is 3.14. The van der Waals surface area contributed by atoms with Crippen molar-refractivity contribution in [1.29, 1.82) is 0 Å². The van der Waals surface area contributed by atoms with Crippen LogP contribution in [0.2, 0.25) is 0 Å². The van der Waals surface area contributed by atoms with Gasteiger partial charge in [-0.2, -0.15) is 0 Å². The van der Waals surface area contributed by atoms with Crippen molar-refractivity contribution in [2.75, 3.05) is 20.2 Å². The number of hydrogen-bond donors (Lipinski definition) is 1. The third-order valence-corrected chi connectivity index (χ3v) is 3.17. The van der Waals surface area contributed by atoms with E-state index in [1.807, 2.05) is 0 Å². The van der Waals surface area contributed by atoms with Gasteiger partial charge in [0.1, 0.15) is 0 Å². The van der Waals surface area contributed by atoms with Gasteiger partial charge in [-0.1, -0.05) is 0 Å². The van der Waals surface area contributed by atoms with Crippen LogP contribution in [0.3, 0.4) is 0 Å². The highest BCUT2D eigenvalue weighted by Gasteiger charge is 2.40. The van der Waals surface area contributed by atoms with E-state index in [-0.39, 0.29) is 12.4 Å². The van der Waals surface area contributed by atoms with Crippen LogP contribution < -0.4 is 5.32 Å². The van der Waals surface area contributed by atoms with Gasteiger partial charge < -0.3 is 10.1 Å². The first-order valence-corrected chi connectivity index (χ1v) is 5.68. The average Bonchev–Trinajstić information content (AvgIpc) is 2.28. The average molecular weight is 235 g/mol. The molecular weight excluding hydrogens is 216 g/mol. The first kappa shape index (κ1) is 13.4. The Morgan fingerprint density at radius 2 is 2.31 bits per heavy atom. The maximum atomic E-state index is 12.1. The molecule has 1 aliphatic heterocycles. The third-order valence-electron chi connectivity index (χ3n) is 3.17. The van der Waals surface area contributed by atoms with E-state index in [2.05, 4.69) is 5.32 Å². The van der Waals surface area contributed by atoms with Crippen LogP contribution >= 0.6 is 0 Å². The fraction of sp³-hybridized carbons (Fsp3) is 0.909. The van der Waals surface area contributed by atoms with Crippen LogP contribution in [0, 0.1) is 5.41 Å². The minimum absolute atomic E-state index is 0.140. The quantitative estimate of drug-likeness (QED) is 0.740. The molecule has 1 atom stereocenters. The smallest absolute Gasteiger partial charge is 0.313 e. The lowest BCUT2D eigenvalue weighted by molar-refractivity contribution is -0.154. The Morgan fingerprint density at radius 1 is 1.56 bits per heavy atom. The Balaban J connectivity index is 2.52. The number of piperidine rings is 1. The van der Waals surface area contributed by atoms with Crippen LogP contribution in [0.5, 0.6) is 0 Å². The zero-order valence-electron chi connectivity index (χ0n) is 9.60. The monoisotopic (exact) mass is 235 g/mol. The summed E-state index contributed by atoms with van der Waals surface area (Å²) in [4.78, 5) is 11.7. The molecule has 0 amide bonds. The second-order valence-electron chi connectivity index (χ2n) is 4.34. The molecule has 1 heterocycles. The molecule has 0 aliphatic carbocycles. The summed E-state index contributed by atoms with van der Waals surface area (Å²) >= 11 is 0. The summed E-state index contributed by atoms with van der Waals surface area (Å²) < 4.78 is 28.9. The summed E-state index contributed by atoms with van der Waals surface area (Å²) in [6.45, 7) is 1.43. The highest BCUT2D eigenvalue weighted by molar-refractivity contribution is 5.77. The van der Waals surface area contributed by atoms with Crippen LogP contribution in [-0.4, -0.2) is 32.6 Å². The number of halogens is 2. The van der Waals surface area contributed by atoms with Gasteiger partial charge in [0.05, 0.1) is 12.5 Å². The minimum Gasteiger partial charge on any atom is -0.469 e. The zero-order chi connectivity index (χ0) is 12.0.